The Morgan fingerprint density at radius 1 is 1.43 bits per heavy atom. The summed E-state index contributed by atoms with van der Waals surface area (Å²) < 4.78 is 31.0. The van der Waals surface area contributed by atoms with Gasteiger partial charge in [0.05, 0.1) is 23.2 Å². The van der Waals surface area contributed by atoms with E-state index in [4.69, 9.17) is 0 Å². The number of aliphatic hydroxyl groups is 1. The fourth-order valence-electron chi connectivity index (χ4n) is 2.27. The van der Waals surface area contributed by atoms with Crippen LogP contribution in [-0.2, 0) is 14.8 Å². The van der Waals surface area contributed by atoms with Gasteiger partial charge < -0.3 is 9.84 Å². The van der Waals surface area contributed by atoms with Crippen LogP contribution in [0.5, 0.6) is 0 Å². The molecule has 0 saturated carbocycles. The number of aryl methyl sites for hydroxylation is 1. The third-order valence-corrected chi connectivity index (χ3v) is 5.76. The lowest BCUT2D eigenvalue weighted by Gasteiger charge is -2.45. The van der Waals surface area contributed by atoms with Crippen LogP contribution in [0, 0.1) is 6.92 Å². The Bertz CT molecular complexity index is 662. The van der Waals surface area contributed by atoms with E-state index < -0.39 is 21.6 Å². The van der Waals surface area contributed by atoms with Crippen molar-refractivity contribution in [2.75, 3.05) is 20.2 Å². The SMILES string of the molecule is CCC1(O)CN(S(=O)(=O)c2cc(C(=O)OC)ccc2C)C1. The maximum atomic E-state index is 12.6. The summed E-state index contributed by atoms with van der Waals surface area (Å²) in [5, 5.41) is 9.97. The average molecular weight is 313 g/mol. The number of carbonyl (C=O) groups excluding carboxylic acids is 1. The standard InChI is InChI=1S/C14H19NO5S/c1-4-14(17)8-15(9-14)21(18,19)12-7-11(13(16)20-3)6-5-10(12)2/h5-7,17H,4,8-9H2,1-3H3. The van der Waals surface area contributed by atoms with Gasteiger partial charge in [-0.1, -0.05) is 13.0 Å². The summed E-state index contributed by atoms with van der Waals surface area (Å²) in [6.45, 7) is 3.63. The van der Waals surface area contributed by atoms with Crippen molar-refractivity contribution in [2.24, 2.45) is 0 Å². The predicted molar refractivity (Wildman–Crippen MR) is 76.5 cm³/mol. The fourth-order valence-corrected chi connectivity index (χ4v) is 4.12. The molecule has 116 valence electrons. The third kappa shape index (κ3) is 2.81. The number of methoxy groups -OCH3 is 1. The summed E-state index contributed by atoms with van der Waals surface area (Å²) in [5.74, 6) is -0.583. The zero-order valence-electron chi connectivity index (χ0n) is 12.3. The lowest BCUT2D eigenvalue weighted by molar-refractivity contribution is -0.0613. The van der Waals surface area contributed by atoms with Gasteiger partial charge in [0.25, 0.3) is 0 Å². The van der Waals surface area contributed by atoms with Crippen LogP contribution >= 0.6 is 0 Å². The summed E-state index contributed by atoms with van der Waals surface area (Å²) in [4.78, 5) is 11.6. The highest BCUT2D eigenvalue weighted by molar-refractivity contribution is 7.89. The first kappa shape index (κ1) is 15.9. The first-order valence-electron chi connectivity index (χ1n) is 6.65. The zero-order chi connectivity index (χ0) is 15.8. The molecule has 1 heterocycles. The van der Waals surface area contributed by atoms with E-state index in [1.807, 2.05) is 6.92 Å². The minimum absolute atomic E-state index is 0.0727. The van der Waals surface area contributed by atoms with E-state index in [0.717, 1.165) is 0 Å². The van der Waals surface area contributed by atoms with Crippen molar-refractivity contribution in [3.63, 3.8) is 0 Å². The molecular formula is C14H19NO5S. The molecule has 0 spiro atoms. The van der Waals surface area contributed by atoms with Crippen LogP contribution in [0.25, 0.3) is 0 Å². The number of benzene rings is 1. The van der Waals surface area contributed by atoms with Crippen molar-refractivity contribution in [3.8, 4) is 0 Å². The van der Waals surface area contributed by atoms with Gasteiger partial charge >= 0.3 is 5.97 Å². The van der Waals surface area contributed by atoms with Gasteiger partial charge in [-0.2, -0.15) is 4.31 Å². The number of nitrogens with zero attached hydrogens (tertiary/aromatic N) is 1. The average Bonchev–Trinajstić information content (AvgIpc) is 2.43. The van der Waals surface area contributed by atoms with Crippen molar-refractivity contribution < 1.29 is 23.1 Å². The highest BCUT2D eigenvalue weighted by atomic mass is 32.2. The molecule has 6 nitrogen and oxygen atoms in total. The lowest BCUT2D eigenvalue weighted by Crippen LogP contribution is -2.62. The highest BCUT2D eigenvalue weighted by Gasteiger charge is 2.46. The number of esters is 1. The molecule has 21 heavy (non-hydrogen) atoms. The number of sulfonamides is 1. The van der Waals surface area contributed by atoms with Gasteiger partial charge in [-0.05, 0) is 31.0 Å². The quantitative estimate of drug-likeness (QED) is 0.836. The normalized spacial score (nSPS) is 18.1. The van der Waals surface area contributed by atoms with Crippen molar-refractivity contribution in [2.45, 2.75) is 30.8 Å². The number of β-amino-alcohol motifs (C(OH)–C–C–N with tert-alkyl or cyclic N) is 1. The summed E-state index contributed by atoms with van der Waals surface area (Å²) in [5.41, 5.74) is -0.205. The van der Waals surface area contributed by atoms with Crippen molar-refractivity contribution in [3.05, 3.63) is 29.3 Å². The smallest absolute Gasteiger partial charge is 0.337 e. The van der Waals surface area contributed by atoms with E-state index in [1.165, 1.54) is 23.5 Å². The van der Waals surface area contributed by atoms with Gasteiger partial charge in [-0.3, -0.25) is 0 Å². The van der Waals surface area contributed by atoms with Crippen LogP contribution in [0.15, 0.2) is 23.1 Å². The number of ether oxygens (including phenoxy) is 1. The minimum atomic E-state index is -3.71. The molecule has 1 aliphatic rings. The molecule has 0 aromatic heterocycles. The lowest BCUT2D eigenvalue weighted by atomic mass is 9.94. The Labute approximate surface area is 124 Å². The molecule has 1 fully saturated rings. The van der Waals surface area contributed by atoms with Gasteiger partial charge in [0.15, 0.2) is 0 Å². The predicted octanol–water partition coefficient (Wildman–Crippen LogP) is 0.927. The summed E-state index contributed by atoms with van der Waals surface area (Å²) in [7, 11) is -2.47. The van der Waals surface area contributed by atoms with Crippen LogP contribution in [-0.4, -0.2) is 49.6 Å². The molecule has 2 rings (SSSR count). The number of rotatable bonds is 4. The second-order valence-corrected chi connectivity index (χ2v) is 7.23. The van der Waals surface area contributed by atoms with E-state index in [-0.39, 0.29) is 23.5 Å². The number of hydrogen-bond acceptors (Lipinski definition) is 5. The minimum Gasteiger partial charge on any atom is -0.465 e. The molecule has 1 saturated heterocycles. The molecule has 7 heteroatoms. The maximum absolute atomic E-state index is 12.6. The topological polar surface area (TPSA) is 83.9 Å². The van der Waals surface area contributed by atoms with Crippen LogP contribution in [0.2, 0.25) is 0 Å². The van der Waals surface area contributed by atoms with Crippen molar-refractivity contribution in [1.29, 1.82) is 0 Å². The molecule has 0 amide bonds. The van der Waals surface area contributed by atoms with Gasteiger partial charge in [-0.15, -0.1) is 0 Å². The van der Waals surface area contributed by atoms with Gasteiger partial charge in [0.1, 0.15) is 0 Å². The van der Waals surface area contributed by atoms with Crippen LogP contribution < -0.4 is 0 Å². The second kappa shape index (κ2) is 5.40. The first-order valence-corrected chi connectivity index (χ1v) is 8.09. The Balaban J connectivity index is 2.35. The molecule has 0 unspecified atom stereocenters. The van der Waals surface area contributed by atoms with Crippen molar-refractivity contribution >= 4 is 16.0 Å². The van der Waals surface area contributed by atoms with Crippen LogP contribution in [0.1, 0.15) is 29.3 Å². The molecule has 0 atom stereocenters. The third-order valence-electron chi connectivity index (χ3n) is 3.83. The molecule has 1 N–H and O–H groups in total. The summed E-state index contributed by atoms with van der Waals surface area (Å²) >= 11 is 0. The number of carbonyl (C=O) groups is 1. The van der Waals surface area contributed by atoms with Crippen LogP contribution in [0.3, 0.4) is 0 Å². The Morgan fingerprint density at radius 3 is 2.57 bits per heavy atom. The fraction of sp³-hybridized carbons (Fsp3) is 0.500. The molecular weight excluding hydrogens is 294 g/mol. The van der Waals surface area contributed by atoms with Gasteiger partial charge in [0, 0.05) is 13.1 Å². The summed E-state index contributed by atoms with van der Waals surface area (Å²) in [6, 6.07) is 4.42. The monoisotopic (exact) mass is 313 g/mol. The summed E-state index contributed by atoms with van der Waals surface area (Å²) in [6.07, 6.45) is 0.500. The molecule has 1 aromatic rings. The molecule has 0 aliphatic carbocycles. The van der Waals surface area contributed by atoms with Crippen molar-refractivity contribution in [1.82, 2.24) is 4.31 Å². The van der Waals surface area contributed by atoms with Crippen LogP contribution in [0.4, 0.5) is 0 Å². The van der Waals surface area contributed by atoms with Gasteiger partial charge in [0.2, 0.25) is 10.0 Å². The molecule has 1 aliphatic heterocycles. The first-order chi connectivity index (χ1) is 9.73. The molecule has 0 bridgehead atoms. The Kier molecular flexibility index (Phi) is 4.10. The Hall–Kier alpha value is -1.44. The largest absolute Gasteiger partial charge is 0.465 e. The van der Waals surface area contributed by atoms with E-state index in [0.29, 0.717) is 12.0 Å². The maximum Gasteiger partial charge on any atom is 0.337 e. The zero-order valence-corrected chi connectivity index (χ0v) is 13.1. The second-order valence-electron chi connectivity index (χ2n) is 5.32. The highest BCUT2D eigenvalue weighted by Crippen LogP contribution is 2.31. The van der Waals surface area contributed by atoms with E-state index in [9.17, 15) is 18.3 Å². The van der Waals surface area contributed by atoms with E-state index in [1.54, 1.807) is 13.0 Å². The molecule has 0 radical (unpaired) electrons. The Morgan fingerprint density at radius 2 is 2.05 bits per heavy atom. The molecule has 1 aromatic carbocycles. The van der Waals surface area contributed by atoms with E-state index in [2.05, 4.69) is 4.74 Å². The van der Waals surface area contributed by atoms with E-state index >= 15 is 0 Å². The number of hydrogen-bond donors (Lipinski definition) is 1. The van der Waals surface area contributed by atoms with Gasteiger partial charge in [-0.25, -0.2) is 13.2 Å².